The zero-order valence-electron chi connectivity index (χ0n) is 11.5. The Morgan fingerprint density at radius 1 is 1.33 bits per heavy atom. The molecule has 3 rings (SSSR count). The topological polar surface area (TPSA) is 105 Å². The number of carbonyl (C=O) groups is 1. The SMILES string of the molecule is Nc1nc(NC2CCC2)sc1C(=O)N1CCS(=O)(=O)CC1. The largest absolute Gasteiger partial charge is 0.382 e. The Labute approximate surface area is 127 Å². The van der Waals surface area contributed by atoms with Gasteiger partial charge in [-0.1, -0.05) is 11.3 Å². The second-order valence-electron chi connectivity index (χ2n) is 5.45. The van der Waals surface area contributed by atoms with E-state index in [0.717, 1.165) is 12.8 Å². The quantitative estimate of drug-likeness (QED) is 0.839. The highest BCUT2D eigenvalue weighted by Crippen LogP contribution is 2.30. The fourth-order valence-electron chi connectivity index (χ4n) is 2.33. The van der Waals surface area contributed by atoms with E-state index in [9.17, 15) is 13.2 Å². The Morgan fingerprint density at radius 2 is 2.00 bits per heavy atom. The van der Waals surface area contributed by atoms with E-state index in [1.54, 1.807) is 0 Å². The van der Waals surface area contributed by atoms with Crippen LogP contribution in [0.5, 0.6) is 0 Å². The minimum absolute atomic E-state index is 0.0185. The van der Waals surface area contributed by atoms with Crippen molar-refractivity contribution in [1.82, 2.24) is 9.88 Å². The van der Waals surface area contributed by atoms with Crippen molar-refractivity contribution in [3.63, 3.8) is 0 Å². The average Bonchev–Trinajstić information content (AvgIpc) is 2.74. The van der Waals surface area contributed by atoms with E-state index in [1.807, 2.05) is 0 Å². The van der Waals surface area contributed by atoms with Gasteiger partial charge in [0.15, 0.2) is 15.0 Å². The molecular weight excluding hydrogens is 312 g/mol. The number of hydrogen-bond donors (Lipinski definition) is 2. The number of amides is 1. The number of nitrogen functional groups attached to an aromatic ring is 1. The molecule has 7 nitrogen and oxygen atoms in total. The maximum absolute atomic E-state index is 12.4. The molecule has 116 valence electrons. The van der Waals surface area contributed by atoms with Crippen LogP contribution < -0.4 is 11.1 Å². The normalized spacial score (nSPS) is 21.8. The van der Waals surface area contributed by atoms with Crippen molar-refractivity contribution in [2.24, 2.45) is 0 Å². The number of rotatable bonds is 3. The number of aromatic nitrogens is 1. The van der Waals surface area contributed by atoms with Gasteiger partial charge < -0.3 is 16.0 Å². The second kappa shape index (κ2) is 5.45. The third kappa shape index (κ3) is 3.13. The zero-order valence-corrected chi connectivity index (χ0v) is 13.2. The molecule has 1 saturated heterocycles. The molecule has 2 aliphatic rings. The van der Waals surface area contributed by atoms with Crippen molar-refractivity contribution in [2.45, 2.75) is 25.3 Å². The summed E-state index contributed by atoms with van der Waals surface area (Å²) in [5.41, 5.74) is 5.83. The lowest BCUT2D eigenvalue weighted by Crippen LogP contribution is -2.43. The molecule has 1 amide bonds. The van der Waals surface area contributed by atoms with Crippen molar-refractivity contribution in [3.8, 4) is 0 Å². The van der Waals surface area contributed by atoms with Gasteiger partial charge in [0.25, 0.3) is 5.91 Å². The van der Waals surface area contributed by atoms with Crippen LogP contribution in [-0.4, -0.2) is 54.8 Å². The predicted octanol–water partition coefficient (Wildman–Crippen LogP) is 0.560. The standard InChI is InChI=1S/C12H18N4O3S2/c13-10-9(20-12(15-10)14-8-2-1-3-8)11(17)16-4-6-21(18,19)7-5-16/h8H,1-7,13H2,(H,14,15). The number of nitrogens with two attached hydrogens (primary N) is 1. The monoisotopic (exact) mass is 330 g/mol. The Hall–Kier alpha value is -1.35. The van der Waals surface area contributed by atoms with Crippen molar-refractivity contribution >= 4 is 38.0 Å². The number of nitrogens with zero attached hydrogens (tertiary/aromatic N) is 2. The minimum Gasteiger partial charge on any atom is -0.382 e. The highest BCUT2D eigenvalue weighted by molar-refractivity contribution is 7.91. The lowest BCUT2D eigenvalue weighted by Gasteiger charge is -2.26. The molecule has 1 aliphatic carbocycles. The molecule has 1 aromatic heterocycles. The minimum atomic E-state index is -3.00. The van der Waals surface area contributed by atoms with E-state index in [0.29, 0.717) is 16.1 Å². The zero-order chi connectivity index (χ0) is 15.0. The summed E-state index contributed by atoms with van der Waals surface area (Å²) in [6.07, 6.45) is 3.45. The number of nitrogens with one attached hydrogen (secondary N) is 1. The molecule has 2 heterocycles. The van der Waals surface area contributed by atoms with E-state index in [2.05, 4.69) is 10.3 Å². The second-order valence-corrected chi connectivity index (χ2v) is 8.75. The molecule has 9 heteroatoms. The van der Waals surface area contributed by atoms with Gasteiger partial charge in [0.2, 0.25) is 0 Å². The summed E-state index contributed by atoms with van der Waals surface area (Å²) in [7, 11) is -3.00. The molecule has 0 aromatic carbocycles. The van der Waals surface area contributed by atoms with Crippen LogP contribution in [0.4, 0.5) is 10.9 Å². The summed E-state index contributed by atoms with van der Waals surface area (Å²) in [5.74, 6) is 0.0386. The molecule has 0 spiro atoms. The lowest BCUT2D eigenvalue weighted by atomic mass is 9.93. The summed E-state index contributed by atoms with van der Waals surface area (Å²) in [6, 6.07) is 0.429. The van der Waals surface area contributed by atoms with Crippen LogP contribution in [0.3, 0.4) is 0 Å². The Kier molecular flexibility index (Phi) is 3.78. The van der Waals surface area contributed by atoms with Crippen molar-refractivity contribution < 1.29 is 13.2 Å². The van der Waals surface area contributed by atoms with Crippen LogP contribution in [0.25, 0.3) is 0 Å². The molecule has 21 heavy (non-hydrogen) atoms. The van der Waals surface area contributed by atoms with E-state index in [1.165, 1.54) is 22.7 Å². The van der Waals surface area contributed by atoms with Crippen molar-refractivity contribution in [2.75, 3.05) is 35.6 Å². The van der Waals surface area contributed by atoms with E-state index < -0.39 is 9.84 Å². The van der Waals surface area contributed by atoms with E-state index in [4.69, 9.17) is 5.73 Å². The molecule has 2 fully saturated rings. The first-order chi connectivity index (χ1) is 9.94. The van der Waals surface area contributed by atoms with Gasteiger partial charge in [0.05, 0.1) is 11.5 Å². The maximum atomic E-state index is 12.4. The number of thiazole rings is 1. The van der Waals surface area contributed by atoms with E-state index >= 15 is 0 Å². The predicted molar refractivity (Wildman–Crippen MR) is 82.3 cm³/mol. The van der Waals surface area contributed by atoms with E-state index in [-0.39, 0.29) is 36.3 Å². The maximum Gasteiger partial charge on any atom is 0.267 e. The number of hydrogen-bond acceptors (Lipinski definition) is 7. The van der Waals surface area contributed by atoms with Crippen LogP contribution in [0.15, 0.2) is 0 Å². The smallest absolute Gasteiger partial charge is 0.267 e. The highest BCUT2D eigenvalue weighted by Gasteiger charge is 2.29. The van der Waals surface area contributed by atoms with Gasteiger partial charge in [0.1, 0.15) is 10.7 Å². The van der Waals surface area contributed by atoms with Crippen LogP contribution >= 0.6 is 11.3 Å². The summed E-state index contributed by atoms with van der Waals surface area (Å²) in [6.45, 7) is 0.452. The van der Waals surface area contributed by atoms with Gasteiger partial charge in [-0.2, -0.15) is 0 Å². The van der Waals surface area contributed by atoms with Gasteiger partial charge >= 0.3 is 0 Å². The van der Waals surface area contributed by atoms with Crippen molar-refractivity contribution in [1.29, 1.82) is 0 Å². The summed E-state index contributed by atoms with van der Waals surface area (Å²) >= 11 is 1.25. The van der Waals surface area contributed by atoms with Crippen LogP contribution in [0, 0.1) is 0 Å². The first kappa shape index (κ1) is 14.6. The molecule has 0 atom stereocenters. The fraction of sp³-hybridized carbons (Fsp3) is 0.667. The third-order valence-electron chi connectivity index (χ3n) is 3.91. The molecule has 0 unspecified atom stereocenters. The van der Waals surface area contributed by atoms with Gasteiger partial charge in [0, 0.05) is 19.1 Å². The van der Waals surface area contributed by atoms with Gasteiger partial charge in [-0.05, 0) is 19.3 Å². The Morgan fingerprint density at radius 3 is 2.57 bits per heavy atom. The first-order valence-electron chi connectivity index (χ1n) is 6.97. The molecule has 1 saturated carbocycles. The lowest BCUT2D eigenvalue weighted by molar-refractivity contribution is 0.0776. The Bertz CT molecular complexity index is 637. The molecular formula is C12H18N4O3S2. The van der Waals surface area contributed by atoms with Gasteiger partial charge in [-0.15, -0.1) is 0 Å². The molecule has 1 aliphatic heterocycles. The molecule has 3 N–H and O–H groups in total. The number of sulfone groups is 1. The van der Waals surface area contributed by atoms with Gasteiger partial charge in [-0.3, -0.25) is 4.79 Å². The fourth-order valence-corrected chi connectivity index (χ4v) is 4.46. The summed E-state index contributed by atoms with van der Waals surface area (Å²) in [4.78, 5) is 18.5. The summed E-state index contributed by atoms with van der Waals surface area (Å²) < 4.78 is 22.8. The molecule has 0 radical (unpaired) electrons. The Balaban J connectivity index is 1.69. The first-order valence-corrected chi connectivity index (χ1v) is 9.61. The summed E-state index contributed by atoms with van der Waals surface area (Å²) in [5, 5.41) is 3.94. The highest BCUT2D eigenvalue weighted by atomic mass is 32.2. The number of anilines is 2. The van der Waals surface area contributed by atoms with Gasteiger partial charge in [-0.25, -0.2) is 13.4 Å². The third-order valence-corrected chi connectivity index (χ3v) is 6.51. The van der Waals surface area contributed by atoms with Crippen LogP contribution in [0.2, 0.25) is 0 Å². The van der Waals surface area contributed by atoms with Crippen LogP contribution in [0.1, 0.15) is 28.9 Å². The van der Waals surface area contributed by atoms with Crippen molar-refractivity contribution in [3.05, 3.63) is 4.88 Å². The molecule has 0 bridgehead atoms. The number of carbonyl (C=O) groups excluding carboxylic acids is 1. The molecule has 1 aromatic rings. The van der Waals surface area contributed by atoms with Crippen LogP contribution in [-0.2, 0) is 9.84 Å². The average molecular weight is 330 g/mol.